The van der Waals surface area contributed by atoms with E-state index in [1.165, 1.54) is 263 Å². The average molecular weight is 1300 g/mol. The van der Waals surface area contributed by atoms with Crippen molar-refractivity contribution in [3.05, 3.63) is 85.1 Å². The Balaban J connectivity index is 3.96. The van der Waals surface area contributed by atoms with Gasteiger partial charge >= 0.3 is 17.9 Å². The van der Waals surface area contributed by atoms with Crippen LogP contribution in [0.25, 0.3) is 0 Å². The lowest BCUT2D eigenvalue weighted by Gasteiger charge is -2.25. The van der Waals surface area contributed by atoms with Crippen molar-refractivity contribution >= 4 is 17.9 Å². The molecule has 0 aromatic carbocycles. The Labute approximate surface area is 576 Å². The number of carboxylic acids is 1. The van der Waals surface area contributed by atoms with E-state index in [1.807, 2.05) is 21.1 Å². The van der Waals surface area contributed by atoms with Crippen LogP contribution in [0.1, 0.15) is 373 Å². The minimum Gasteiger partial charge on any atom is -0.477 e. The first kappa shape index (κ1) is 89.5. The van der Waals surface area contributed by atoms with Crippen molar-refractivity contribution in [2.24, 2.45) is 0 Å². The number of hydrogen-bond donors (Lipinski definition) is 1. The molecule has 0 bridgehead atoms. The molecule has 0 radical (unpaired) electrons. The van der Waals surface area contributed by atoms with E-state index in [4.69, 9.17) is 18.9 Å². The summed E-state index contributed by atoms with van der Waals surface area (Å²) in [5.74, 6) is -1.99. The van der Waals surface area contributed by atoms with Crippen molar-refractivity contribution in [2.45, 2.75) is 386 Å². The van der Waals surface area contributed by atoms with Gasteiger partial charge in [-0.05, 0) is 89.9 Å². The van der Waals surface area contributed by atoms with Gasteiger partial charge in [0.1, 0.15) is 13.2 Å². The van der Waals surface area contributed by atoms with Gasteiger partial charge in [-0.15, -0.1) is 0 Å². The molecule has 0 rings (SSSR count). The molecule has 0 heterocycles. The lowest BCUT2D eigenvalue weighted by atomic mass is 10.0. The van der Waals surface area contributed by atoms with Crippen LogP contribution in [0.3, 0.4) is 0 Å². The Morgan fingerprint density at radius 2 is 0.613 bits per heavy atom. The molecule has 0 aliphatic rings. The van der Waals surface area contributed by atoms with Crippen molar-refractivity contribution < 1.29 is 42.9 Å². The number of carbonyl (C=O) groups excluding carboxylic acids is 2. The molecule has 0 amide bonds. The number of likely N-dealkylation sites (N-methyl/N-ethyl adjacent to an activating group) is 1. The van der Waals surface area contributed by atoms with Crippen molar-refractivity contribution in [3.63, 3.8) is 0 Å². The molecule has 0 spiro atoms. The second kappa shape index (κ2) is 74.3. The molecule has 0 saturated heterocycles. The summed E-state index contributed by atoms with van der Waals surface area (Å²) >= 11 is 0. The van der Waals surface area contributed by atoms with Crippen molar-refractivity contribution in [1.82, 2.24) is 0 Å². The van der Waals surface area contributed by atoms with Crippen LogP contribution >= 0.6 is 0 Å². The third-order valence-corrected chi connectivity index (χ3v) is 17.6. The number of carboxylic acid groups (broad SMARTS) is 1. The van der Waals surface area contributed by atoms with Crippen molar-refractivity contribution in [1.29, 1.82) is 0 Å². The van der Waals surface area contributed by atoms with Gasteiger partial charge in [0.05, 0.1) is 34.4 Å². The molecule has 93 heavy (non-hydrogen) atoms. The summed E-state index contributed by atoms with van der Waals surface area (Å²) in [4.78, 5) is 37.7. The summed E-state index contributed by atoms with van der Waals surface area (Å²) in [5.41, 5.74) is 0. The Bertz CT molecular complexity index is 1810. The number of allylic oxidation sites excluding steroid dienone is 14. The topological polar surface area (TPSA) is 108 Å². The summed E-state index contributed by atoms with van der Waals surface area (Å²) in [6, 6.07) is 0. The molecule has 0 fully saturated rings. The quantitative estimate of drug-likeness (QED) is 0.0211. The van der Waals surface area contributed by atoms with Gasteiger partial charge in [-0.2, -0.15) is 0 Å². The first-order chi connectivity index (χ1) is 45.6. The lowest BCUT2D eigenvalue weighted by Crippen LogP contribution is -2.40. The van der Waals surface area contributed by atoms with Gasteiger partial charge < -0.3 is 28.5 Å². The Morgan fingerprint density at radius 1 is 0.333 bits per heavy atom. The maximum atomic E-state index is 13.0. The van der Waals surface area contributed by atoms with Crippen LogP contribution in [0.4, 0.5) is 0 Å². The minimum absolute atomic E-state index is 0.182. The van der Waals surface area contributed by atoms with Crippen LogP contribution in [0, 0.1) is 0 Å². The van der Waals surface area contributed by atoms with E-state index in [2.05, 4.69) is 98.9 Å². The smallest absolute Gasteiger partial charge is 0.361 e. The molecule has 2 unspecified atom stereocenters. The molecule has 2 atom stereocenters. The van der Waals surface area contributed by atoms with Gasteiger partial charge in [0.25, 0.3) is 6.29 Å². The molecule has 0 aromatic heterocycles. The molecule has 540 valence electrons. The SMILES string of the molecule is CC/C=C\C/C=C\C/C=C\C/C=C\C/C=C\CCCCCCCCCCCCCC(=O)OC(COC(=O)CCCCCCCCCCCCCCCCCCCCCCCCCCCCCCC/C=C\C/C=C\CCCCCCC)COC(OCC[N+](C)(C)C)C(=O)O. The third-order valence-electron chi connectivity index (χ3n) is 17.6. The van der Waals surface area contributed by atoms with Gasteiger partial charge in [0, 0.05) is 12.8 Å². The van der Waals surface area contributed by atoms with Gasteiger partial charge in [-0.1, -0.05) is 356 Å². The molecule has 0 aliphatic heterocycles. The number of aliphatic carboxylic acids is 1. The fourth-order valence-electron chi connectivity index (χ4n) is 11.6. The number of ether oxygens (including phenoxy) is 4. The van der Waals surface area contributed by atoms with E-state index in [1.54, 1.807) is 0 Å². The Morgan fingerprint density at radius 3 is 0.914 bits per heavy atom. The number of rotatable bonds is 74. The summed E-state index contributed by atoms with van der Waals surface area (Å²) < 4.78 is 23.0. The standard InChI is InChI=1S/C84H151NO8/c1-6-8-10-12-14-16-18-20-22-24-26-28-30-32-34-35-36-37-38-39-40-41-42-43-44-45-46-47-49-50-52-54-56-58-60-62-64-66-68-70-72-74-81(86)91-78-80(79-92-84(83(88)89)90-77-76-85(3,4)5)93-82(87)75-73-71-69-67-65-63-61-59-57-55-53-51-48-33-31-29-27-25-23-21-19-17-15-13-11-9-7-2/h9,11,15,17-18,20-21,23-24,26-27,29,33,48,80,84H,6-8,10,12-14,16,19,22,25,28,30-32,34-47,49-79H2,1-5H3/p+1/b11-9-,17-15-,20-18-,23-21-,26-24-,29-27-,48-33-. The summed E-state index contributed by atoms with van der Waals surface area (Å²) in [5, 5.41) is 9.77. The minimum atomic E-state index is -1.51. The van der Waals surface area contributed by atoms with Crippen LogP contribution in [0.2, 0.25) is 0 Å². The highest BCUT2D eigenvalue weighted by molar-refractivity contribution is 5.71. The highest BCUT2D eigenvalue weighted by Crippen LogP contribution is 2.19. The molecule has 0 aromatic rings. The Kier molecular flexibility index (Phi) is 71.4. The predicted octanol–water partition coefficient (Wildman–Crippen LogP) is 25.4. The van der Waals surface area contributed by atoms with Crippen LogP contribution in [0.5, 0.6) is 0 Å². The molecule has 0 saturated carbocycles. The van der Waals surface area contributed by atoms with E-state index < -0.39 is 24.3 Å². The average Bonchev–Trinajstić information content (AvgIpc) is 3.38. The van der Waals surface area contributed by atoms with Crippen molar-refractivity contribution in [3.8, 4) is 0 Å². The van der Waals surface area contributed by atoms with Crippen LogP contribution in [0.15, 0.2) is 85.1 Å². The van der Waals surface area contributed by atoms with Gasteiger partial charge in [0.15, 0.2) is 6.10 Å². The lowest BCUT2D eigenvalue weighted by molar-refractivity contribution is -0.870. The van der Waals surface area contributed by atoms with Crippen LogP contribution in [-0.4, -0.2) is 87.4 Å². The third kappa shape index (κ3) is 75.7. The molecule has 0 aliphatic carbocycles. The number of esters is 2. The van der Waals surface area contributed by atoms with Gasteiger partial charge in [-0.25, -0.2) is 4.79 Å². The fraction of sp³-hybridized carbons (Fsp3) is 0.798. The van der Waals surface area contributed by atoms with E-state index in [-0.39, 0.29) is 32.2 Å². The number of carbonyl (C=O) groups is 3. The first-order valence-corrected chi connectivity index (χ1v) is 39.8. The van der Waals surface area contributed by atoms with E-state index in [9.17, 15) is 19.5 Å². The molecule has 9 heteroatoms. The second-order valence-electron chi connectivity index (χ2n) is 28.0. The number of quaternary nitrogens is 1. The monoisotopic (exact) mass is 1300 g/mol. The van der Waals surface area contributed by atoms with Crippen LogP contribution in [-0.2, 0) is 33.3 Å². The second-order valence-corrected chi connectivity index (χ2v) is 28.0. The zero-order valence-electron chi connectivity index (χ0n) is 61.9. The highest BCUT2D eigenvalue weighted by Gasteiger charge is 2.25. The number of hydrogen-bond acceptors (Lipinski definition) is 7. The zero-order valence-corrected chi connectivity index (χ0v) is 61.9. The van der Waals surface area contributed by atoms with E-state index in [0.29, 0.717) is 23.9 Å². The summed E-state index contributed by atoms with van der Waals surface area (Å²) in [6.07, 6.45) is 98.9. The first-order valence-electron chi connectivity index (χ1n) is 39.8. The van der Waals surface area contributed by atoms with Gasteiger partial charge in [0.2, 0.25) is 0 Å². The molecule has 1 N–H and O–H groups in total. The maximum absolute atomic E-state index is 13.0. The van der Waals surface area contributed by atoms with E-state index >= 15 is 0 Å². The molecular formula is C84H152NO8+. The largest absolute Gasteiger partial charge is 0.477 e. The Hall–Kier alpha value is -3.53. The number of unbranched alkanes of at least 4 members (excludes halogenated alkanes) is 45. The summed E-state index contributed by atoms with van der Waals surface area (Å²) in [7, 11) is 5.99. The zero-order chi connectivity index (χ0) is 67.5. The number of nitrogens with zero attached hydrogens (tertiary/aromatic N) is 1. The normalized spacial score (nSPS) is 13.1. The highest BCUT2D eigenvalue weighted by atomic mass is 16.7. The predicted molar refractivity (Wildman–Crippen MR) is 401 cm³/mol. The fourth-order valence-corrected chi connectivity index (χ4v) is 11.6. The molecule has 9 nitrogen and oxygen atoms in total. The molecular weight excluding hydrogens is 1150 g/mol. The van der Waals surface area contributed by atoms with Gasteiger partial charge in [-0.3, -0.25) is 9.59 Å². The van der Waals surface area contributed by atoms with Crippen LogP contribution < -0.4 is 0 Å². The van der Waals surface area contributed by atoms with Crippen molar-refractivity contribution in [2.75, 3.05) is 47.5 Å². The maximum Gasteiger partial charge on any atom is 0.361 e. The summed E-state index contributed by atoms with van der Waals surface area (Å²) in [6.45, 7) is 4.80. The van der Waals surface area contributed by atoms with E-state index in [0.717, 1.165) is 77.0 Å².